The number of nitrogens with zero attached hydrogens (tertiary/aromatic N) is 5. The molecule has 7 heteroatoms. The van der Waals surface area contributed by atoms with Crippen LogP contribution in [0.5, 0.6) is 0 Å². The Morgan fingerprint density at radius 2 is 1.96 bits per heavy atom. The van der Waals surface area contributed by atoms with Gasteiger partial charge in [-0.25, -0.2) is 9.97 Å². The van der Waals surface area contributed by atoms with Crippen molar-refractivity contribution in [2.24, 2.45) is 5.92 Å². The molecule has 0 saturated heterocycles. The smallest absolute Gasteiger partial charge is 0.223 e. The van der Waals surface area contributed by atoms with Crippen molar-refractivity contribution in [2.75, 3.05) is 5.73 Å². The molecule has 2 aromatic heterocycles. The first-order valence-electron chi connectivity index (χ1n) is 8.87. The van der Waals surface area contributed by atoms with Gasteiger partial charge in [0.05, 0.1) is 21.8 Å². The van der Waals surface area contributed by atoms with Gasteiger partial charge in [-0.05, 0) is 27.9 Å². The number of benzene rings is 1. The third-order valence-corrected chi connectivity index (χ3v) is 5.73. The van der Waals surface area contributed by atoms with Crippen LogP contribution in [0.1, 0.15) is 43.5 Å². The molecular weight excluding hydrogens is 392 g/mol. The number of hydrogen-bond donors (Lipinski definition) is 1. The van der Waals surface area contributed by atoms with Gasteiger partial charge in [0.2, 0.25) is 5.95 Å². The minimum absolute atomic E-state index is 0.272. The van der Waals surface area contributed by atoms with Crippen molar-refractivity contribution in [3.05, 3.63) is 40.1 Å². The second-order valence-corrected chi connectivity index (χ2v) is 7.55. The molecule has 0 unspecified atom stereocenters. The molecular formula is C19H19BrN6. The number of nitrogen functional groups attached to an aromatic ring is 1. The maximum Gasteiger partial charge on any atom is 0.223 e. The van der Waals surface area contributed by atoms with Crippen LogP contribution < -0.4 is 5.73 Å². The van der Waals surface area contributed by atoms with Gasteiger partial charge < -0.3 is 5.73 Å². The van der Waals surface area contributed by atoms with Crippen molar-refractivity contribution in [1.82, 2.24) is 19.6 Å². The summed E-state index contributed by atoms with van der Waals surface area (Å²) in [6, 6.07) is 9.54. The van der Waals surface area contributed by atoms with Crippen LogP contribution in [0.3, 0.4) is 0 Å². The molecule has 0 aliphatic heterocycles. The number of anilines is 1. The number of nitrogens with two attached hydrogens (primary N) is 1. The third kappa shape index (κ3) is 3.06. The van der Waals surface area contributed by atoms with Gasteiger partial charge in [0.1, 0.15) is 0 Å². The average molecular weight is 411 g/mol. The fraction of sp³-hybridized carbons (Fsp3) is 0.368. The van der Waals surface area contributed by atoms with E-state index in [2.05, 4.69) is 32.1 Å². The van der Waals surface area contributed by atoms with E-state index in [9.17, 15) is 5.26 Å². The molecule has 0 atom stereocenters. The number of hydrogen-bond acceptors (Lipinski definition) is 5. The van der Waals surface area contributed by atoms with Gasteiger partial charge >= 0.3 is 0 Å². The highest BCUT2D eigenvalue weighted by Crippen LogP contribution is 2.33. The average Bonchev–Trinajstić information content (AvgIpc) is 3.10. The molecule has 1 aliphatic rings. The normalized spacial score (nSPS) is 15.2. The molecule has 2 heterocycles. The highest BCUT2D eigenvalue weighted by Gasteiger charge is 2.21. The van der Waals surface area contributed by atoms with E-state index in [0.29, 0.717) is 27.3 Å². The van der Waals surface area contributed by atoms with Crippen molar-refractivity contribution < 1.29 is 0 Å². The van der Waals surface area contributed by atoms with Gasteiger partial charge in [0.15, 0.2) is 11.5 Å². The van der Waals surface area contributed by atoms with E-state index >= 15 is 0 Å². The molecule has 0 bridgehead atoms. The molecule has 4 rings (SSSR count). The van der Waals surface area contributed by atoms with E-state index in [-0.39, 0.29) is 5.95 Å². The molecule has 2 N–H and O–H groups in total. The van der Waals surface area contributed by atoms with Crippen LogP contribution in [0, 0.1) is 17.2 Å². The lowest BCUT2D eigenvalue weighted by atomic mass is 9.87. The lowest BCUT2D eigenvalue weighted by molar-refractivity contribution is 0.351. The number of rotatable bonds is 3. The topological polar surface area (TPSA) is 92.9 Å². The fourth-order valence-corrected chi connectivity index (χ4v) is 4.23. The van der Waals surface area contributed by atoms with Crippen LogP contribution >= 0.6 is 15.9 Å². The lowest BCUT2D eigenvalue weighted by Crippen LogP contribution is -2.10. The van der Waals surface area contributed by atoms with Crippen molar-refractivity contribution in [1.29, 1.82) is 5.26 Å². The van der Waals surface area contributed by atoms with Gasteiger partial charge in [0.25, 0.3) is 0 Å². The zero-order valence-corrected chi connectivity index (χ0v) is 15.9. The summed E-state index contributed by atoms with van der Waals surface area (Å²) < 4.78 is 2.29. The summed E-state index contributed by atoms with van der Waals surface area (Å²) in [4.78, 5) is 9.19. The molecule has 6 nitrogen and oxygen atoms in total. The number of halogens is 1. The van der Waals surface area contributed by atoms with E-state index < -0.39 is 0 Å². The molecule has 1 saturated carbocycles. The third-order valence-electron chi connectivity index (χ3n) is 5.00. The second-order valence-electron chi connectivity index (χ2n) is 6.76. The lowest BCUT2D eigenvalue weighted by Gasteiger charge is -2.19. The van der Waals surface area contributed by atoms with Crippen molar-refractivity contribution in [3.63, 3.8) is 0 Å². The summed E-state index contributed by atoms with van der Waals surface area (Å²) >= 11 is 3.60. The Morgan fingerprint density at radius 3 is 2.73 bits per heavy atom. The quantitative estimate of drug-likeness (QED) is 0.700. The first kappa shape index (κ1) is 17.0. The zero-order chi connectivity index (χ0) is 18.1. The summed E-state index contributed by atoms with van der Waals surface area (Å²) in [6.07, 6.45) is 7.27. The maximum atomic E-state index is 9.38. The molecule has 132 valence electrons. The van der Waals surface area contributed by atoms with Gasteiger partial charge in [-0.15, -0.1) is 5.10 Å². The van der Waals surface area contributed by atoms with Crippen LogP contribution in [0.4, 0.5) is 5.95 Å². The first-order chi connectivity index (χ1) is 12.7. The number of fused-ring (bicyclic) bond motifs is 1. The SMILES string of the molecule is N#Cc1ccccc1-c1nc(N)n2nc(CC3CCCCC3)nc2c1Br. The minimum Gasteiger partial charge on any atom is -0.368 e. The van der Waals surface area contributed by atoms with Crippen molar-refractivity contribution in [3.8, 4) is 17.3 Å². The standard InChI is InChI=1S/C19H19BrN6/c20-16-17(14-9-5-4-8-13(14)11-21)24-19(22)26-18(16)23-15(25-26)10-12-6-2-1-3-7-12/h4-5,8-9,12H,1-3,6-7,10H2,(H2,22,24). The Hall–Kier alpha value is -2.46. The summed E-state index contributed by atoms with van der Waals surface area (Å²) in [5, 5.41) is 13.9. The van der Waals surface area contributed by atoms with Crippen LogP contribution in [0.15, 0.2) is 28.7 Å². The molecule has 0 amide bonds. The molecule has 0 radical (unpaired) electrons. The molecule has 1 aromatic carbocycles. The molecule has 26 heavy (non-hydrogen) atoms. The highest BCUT2D eigenvalue weighted by molar-refractivity contribution is 9.10. The summed E-state index contributed by atoms with van der Waals surface area (Å²) in [6.45, 7) is 0. The molecule has 3 aromatic rings. The highest BCUT2D eigenvalue weighted by atomic mass is 79.9. The molecule has 1 aliphatic carbocycles. The Labute approximate surface area is 160 Å². The monoisotopic (exact) mass is 410 g/mol. The van der Waals surface area contributed by atoms with Crippen LogP contribution in [-0.2, 0) is 6.42 Å². The van der Waals surface area contributed by atoms with Crippen molar-refractivity contribution >= 4 is 27.5 Å². The minimum atomic E-state index is 0.272. The molecule has 1 fully saturated rings. The first-order valence-corrected chi connectivity index (χ1v) is 9.67. The fourth-order valence-electron chi connectivity index (χ4n) is 3.67. The van der Waals surface area contributed by atoms with E-state index in [4.69, 9.17) is 10.7 Å². The zero-order valence-electron chi connectivity index (χ0n) is 14.3. The Kier molecular flexibility index (Phi) is 4.60. The van der Waals surface area contributed by atoms with Gasteiger partial charge in [-0.3, -0.25) is 0 Å². The van der Waals surface area contributed by atoms with E-state index in [1.807, 2.05) is 18.2 Å². The number of aromatic nitrogens is 4. The van der Waals surface area contributed by atoms with Crippen LogP contribution in [-0.4, -0.2) is 19.6 Å². The number of nitriles is 1. The van der Waals surface area contributed by atoms with E-state index in [1.54, 1.807) is 10.6 Å². The van der Waals surface area contributed by atoms with E-state index in [0.717, 1.165) is 17.8 Å². The summed E-state index contributed by atoms with van der Waals surface area (Å²) in [5.74, 6) is 1.72. The predicted octanol–water partition coefficient (Wildman–Crippen LogP) is 4.13. The summed E-state index contributed by atoms with van der Waals surface area (Å²) in [5.41, 5.74) is 8.68. The van der Waals surface area contributed by atoms with Crippen LogP contribution in [0.25, 0.3) is 16.9 Å². The maximum absolute atomic E-state index is 9.38. The van der Waals surface area contributed by atoms with E-state index in [1.165, 1.54) is 32.1 Å². The predicted molar refractivity (Wildman–Crippen MR) is 103 cm³/mol. The second kappa shape index (κ2) is 7.04. The Morgan fingerprint density at radius 1 is 1.19 bits per heavy atom. The molecule has 0 spiro atoms. The summed E-state index contributed by atoms with van der Waals surface area (Å²) in [7, 11) is 0. The Balaban J connectivity index is 1.77. The largest absolute Gasteiger partial charge is 0.368 e. The Bertz CT molecular complexity index is 997. The van der Waals surface area contributed by atoms with Gasteiger partial charge in [-0.1, -0.05) is 50.3 Å². The van der Waals surface area contributed by atoms with Crippen molar-refractivity contribution in [2.45, 2.75) is 38.5 Å². The van der Waals surface area contributed by atoms with Gasteiger partial charge in [0, 0.05) is 12.0 Å². The van der Waals surface area contributed by atoms with Gasteiger partial charge in [-0.2, -0.15) is 9.78 Å². The van der Waals surface area contributed by atoms with Crippen LogP contribution in [0.2, 0.25) is 0 Å².